The van der Waals surface area contributed by atoms with Crippen LogP contribution in [0.5, 0.6) is 0 Å². The highest BCUT2D eigenvalue weighted by Gasteiger charge is 2.12. The van der Waals surface area contributed by atoms with E-state index < -0.39 is 5.97 Å². The van der Waals surface area contributed by atoms with Gasteiger partial charge in [0.05, 0.1) is 25.5 Å². The van der Waals surface area contributed by atoms with Crippen LogP contribution in [0, 0.1) is 0 Å². The van der Waals surface area contributed by atoms with Gasteiger partial charge in [-0.15, -0.1) is 0 Å². The summed E-state index contributed by atoms with van der Waals surface area (Å²) in [6, 6.07) is 11.4. The zero-order valence-electron chi connectivity index (χ0n) is 12.8. The molecule has 2 heterocycles. The first kappa shape index (κ1) is 15.5. The van der Waals surface area contributed by atoms with E-state index in [1.54, 1.807) is 30.3 Å². The van der Waals surface area contributed by atoms with Crippen LogP contribution in [-0.4, -0.2) is 24.1 Å². The highest BCUT2D eigenvalue weighted by atomic mass is 16.5. The Morgan fingerprint density at radius 1 is 1.12 bits per heavy atom. The van der Waals surface area contributed by atoms with Crippen LogP contribution in [0.4, 0.5) is 0 Å². The van der Waals surface area contributed by atoms with Gasteiger partial charge < -0.3 is 19.0 Å². The monoisotopic (exact) mass is 326 g/mol. The second-order valence-corrected chi connectivity index (χ2v) is 4.91. The Morgan fingerprint density at radius 2 is 1.88 bits per heavy atom. The number of furan rings is 1. The van der Waals surface area contributed by atoms with E-state index in [1.807, 2.05) is 0 Å². The van der Waals surface area contributed by atoms with Crippen molar-refractivity contribution in [3.05, 3.63) is 65.5 Å². The number of carbonyl (C=O) groups is 2. The number of carbonyl (C=O) groups excluding carboxylic acids is 2. The number of rotatable bonds is 5. The van der Waals surface area contributed by atoms with E-state index in [0.717, 1.165) is 0 Å². The van der Waals surface area contributed by atoms with E-state index in [1.165, 1.54) is 25.5 Å². The summed E-state index contributed by atoms with van der Waals surface area (Å²) in [6.45, 7) is 0.210. The predicted molar refractivity (Wildman–Crippen MR) is 83.2 cm³/mol. The molecule has 1 amide bonds. The Kier molecular flexibility index (Phi) is 4.42. The zero-order chi connectivity index (χ0) is 16.9. The Labute approximate surface area is 137 Å². The quantitative estimate of drug-likeness (QED) is 0.724. The first-order valence-corrected chi connectivity index (χ1v) is 7.13. The molecule has 0 aliphatic rings. The van der Waals surface area contributed by atoms with Gasteiger partial charge in [0, 0.05) is 11.6 Å². The second kappa shape index (κ2) is 6.82. The molecule has 7 nitrogen and oxygen atoms in total. The number of ether oxygens (including phenoxy) is 1. The lowest BCUT2D eigenvalue weighted by atomic mass is 10.1. The fraction of sp³-hybridized carbons (Fsp3) is 0.118. The maximum Gasteiger partial charge on any atom is 0.337 e. The van der Waals surface area contributed by atoms with Gasteiger partial charge >= 0.3 is 5.97 Å². The van der Waals surface area contributed by atoms with Gasteiger partial charge in [0.25, 0.3) is 5.91 Å². The molecule has 122 valence electrons. The Balaban J connectivity index is 1.60. The average molecular weight is 326 g/mol. The van der Waals surface area contributed by atoms with Gasteiger partial charge in [0.2, 0.25) is 5.76 Å². The van der Waals surface area contributed by atoms with Crippen LogP contribution in [0.2, 0.25) is 0 Å². The van der Waals surface area contributed by atoms with Crippen molar-refractivity contribution >= 4 is 11.9 Å². The summed E-state index contributed by atoms with van der Waals surface area (Å²) >= 11 is 0. The number of hydrogen-bond acceptors (Lipinski definition) is 6. The van der Waals surface area contributed by atoms with Crippen molar-refractivity contribution in [1.82, 2.24) is 10.5 Å². The largest absolute Gasteiger partial charge is 0.465 e. The van der Waals surface area contributed by atoms with Crippen molar-refractivity contribution in [2.45, 2.75) is 6.54 Å². The standard InChI is InChI=1S/C17H14N2O5/c1-22-17(21)12-6-4-11(5-7-12)16(20)18-10-13-9-15(24-19-13)14-3-2-8-23-14/h2-9H,10H2,1H3,(H,18,20). The SMILES string of the molecule is COC(=O)c1ccc(C(=O)NCc2cc(-c3ccco3)on2)cc1. The first-order chi connectivity index (χ1) is 11.7. The Bertz CT molecular complexity index is 834. The number of benzene rings is 1. The molecule has 1 N–H and O–H groups in total. The third kappa shape index (κ3) is 3.35. The fourth-order valence-corrected chi connectivity index (χ4v) is 2.08. The van der Waals surface area contributed by atoms with E-state index >= 15 is 0 Å². The van der Waals surface area contributed by atoms with Crippen molar-refractivity contribution in [3.8, 4) is 11.5 Å². The molecule has 0 aliphatic carbocycles. The number of esters is 1. The minimum absolute atomic E-state index is 0.210. The second-order valence-electron chi connectivity index (χ2n) is 4.91. The topological polar surface area (TPSA) is 94.6 Å². The summed E-state index contributed by atoms with van der Waals surface area (Å²) in [4.78, 5) is 23.5. The summed E-state index contributed by atoms with van der Waals surface area (Å²) in [5.41, 5.74) is 1.38. The van der Waals surface area contributed by atoms with E-state index in [-0.39, 0.29) is 12.5 Å². The predicted octanol–water partition coefficient (Wildman–Crippen LogP) is 2.65. The smallest absolute Gasteiger partial charge is 0.337 e. The van der Waals surface area contributed by atoms with Crippen LogP contribution >= 0.6 is 0 Å². The summed E-state index contributed by atoms with van der Waals surface area (Å²) in [7, 11) is 1.30. The molecule has 2 aromatic heterocycles. The van der Waals surface area contributed by atoms with Crippen molar-refractivity contribution < 1.29 is 23.3 Å². The lowest BCUT2D eigenvalue weighted by molar-refractivity contribution is 0.0600. The molecule has 0 atom stereocenters. The number of amides is 1. The molecule has 3 rings (SSSR count). The number of hydrogen-bond donors (Lipinski definition) is 1. The van der Waals surface area contributed by atoms with E-state index in [0.29, 0.717) is 28.3 Å². The van der Waals surface area contributed by atoms with Crippen LogP contribution in [0.25, 0.3) is 11.5 Å². The van der Waals surface area contributed by atoms with Crippen molar-refractivity contribution in [3.63, 3.8) is 0 Å². The molecule has 7 heteroatoms. The Morgan fingerprint density at radius 3 is 2.54 bits per heavy atom. The molecular weight excluding hydrogens is 312 g/mol. The molecule has 0 bridgehead atoms. The molecule has 0 aliphatic heterocycles. The normalized spacial score (nSPS) is 10.4. The van der Waals surface area contributed by atoms with Gasteiger partial charge in [-0.3, -0.25) is 4.79 Å². The molecular formula is C17H14N2O5. The van der Waals surface area contributed by atoms with E-state index in [4.69, 9.17) is 8.94 Å². The molecule has 0 saturated carbocycles. The van der Waals surface area contributed by atoms with Crippen LogP contribution in [0.15, 0.2) is 57.7 Å². The summed E-state index contributed by atoms with van der Waals surface area (Å²) in [5.74, 6) is 0.328. The Hall–Kier alpha value is -3.35. The van der Waals surface area contributed by atoms with Crippen LogP contribution < -0.4 is 5.32 Å². The number of methoxy groups -OCH3 is 1. The van der Waals surface area contributed by atoms with Gasteiger partial charge in [-0.05, 0) is 36.4 Å². The fourth-order valence-electron chi connectivity index (χ4n) is 2.08. The summed E-state index contributed by atoms with van der Waals surface area (Å²) < 4.78 is 15.0. The summed E-state index contributed by atoms with van der Waals surface area (Å²) in [5, 5.41) is 6.60. The van der Waals surface area contributed by atoms with Gasteiger partial charge in [0.15, 0.2) is 5.76 Å². The van der Waals surface area contributed by atoms with E-state index in [2.05, 4.69) is 15.2 Å². The van der Waals surface area contributed by atoms with Crippen LogP contribution in [0.1, 0.15) is 26.4 Å². The van der Waals surface area contributed by atoms with Crippen LogP contribution in [-0.2, 0) is 11.3 Å². The maximum absolute atomic E-state index is 12.1. The van der Waals surface area contributed by atoms with Gasteiger partial charge in [-0.1, -0.05) is 5.16 Å². The van der Waals surface area contributed by atoms with Gasteiger partial charge in [-0.2, -0.15) is 0 Å². The van der Waals surface area contributed by atoms with Crippen molar-refractivity contribution in [1.29, 1.82) is 0 Å². The highest BCUT2D eigenvalue weighted by molar-refractivity contribution is 5.96. The van der Waals surface area contributed by atoms with E-state index in [9.17, 15) is 9.59 Å². The first-order valence-electron chi connectivity index (χ1n) is 7.13. The number of nitrogens with one attached hydrogen (secondary N) is 1. The minimum Gasteiger partial charge on any atom is -0.465 e. The van der Waals surface area contributed by atoms with Gasteiger partial charge in [-0.25, -0.2) is 4.79 Å². The average Bonchev–Trinajstić information content (AvgIpc) is 3.30. The van der Waals surface area contributed by atoms with Gasteiger partial charge in [0.1, 0.15) is 5.69 Å². The molecule has 1 aromatic carbocycles. The number of aromatic nitrogens is 1. The third-order valence-corrected chi connectivity index (χ3v) is 3.32. The lowest BCUT2D eigenvalue weighted by Gasteiger charge is -2.04. The maximum atomic E-state index is 12.1. The molecule has 3 aromatic rings. The number of nitrogens with zero attached hydrogens (tertiary/aromatic N) is 1. The molecule has 0 saturated heterocycles. The summed E-state index contributed by atoms with van der Waals surface area (Å²) in [6.07, 6.45) is 1.54. The molecule has 0 unspecified atom stereocenters. The molecule has 0 fully saturated rings. The lowest BCUT2D eigenvalue weighted by Crippen LogP contribution is -2.23. The third-order valence-electron chi connectivity index (χ3n) is 3.32. The van der Waals surface area contributed by atoms with Crippen LogP contribution in [0.3, 0.4) is 0 Å². The highest BCUT2D eigenvalue weighted by Crippen LogP contribution is 2.20. The van der Waals surface area contributed by atoms with Crippen molar-refractivity contribution in [2.24, 2.45) is 0 Å². The van der Waals surface area contributed by atoms with Crippen molar-refractivity contribution in [2.75, 3.05) is 7.11 Å². The zero-order valence-corrected chi connectivity index (χ0v) is 12.8. The molecule has 0 radical (unpaired) electrons. The molecule has 0 spiro atoms. The minimum atomic E-state index is -0.449. The molecule has 24 heavy (non-hydrogen) atoms.